The lowest BCUT2D eigenvalue weighted by atomic mass is 10.2. The van der Waals surface area contributed by atoms with Crippen LogP contribution in [0.3, 0.4) is 0 Å². The number of rotatable bonds is 3. The van der Waals surface area contributed by atoms with Gasteiger partial charge in [0, 0.05) is 5.69 Å². The predicted octanol–water partition coefficient (Wildman–Crippen LogP) is 4.03. The SMILES string of the molecule is O=C(Nc1ccc(S(F)(F)(F)(F)F)cc1)C1CCCN1. The molecule has 114 valence electrons. The van der Waals surface area contributed by atoms with E-state index in [1.807, 2.05) is 0 Å². The van der Waals surface area contributed by atoms with Crippen molar-refractivity contribution >= 4 is 21.8 Å². The summed E-state index contributed by atoms with van der Waals surface area (Å²) in [5, 5.41) is 5.31. The summed E-state index contributed by atoms with van der Waals surface area (Å²) in [4.78, 5) is 9.72. The van der Waals surface area contributed by atoms with Crippen LogP contribution in [0.2, 0.25) is 0 Å². The molecule has 0 saturated carbocycles. The van der Waals surface area contributed by atoms with Crippen LogP contribution in [0, 0.1) is 0 Å². The van der Waals surface area contributed by atoms with Crippen molar-refractivity contribution in [1.82, 2.24) is 5.32 Å². The van der Waals surface area contributed by atoms with Gasteiger partial charge in [-0.2, -0.15) is 0 Å². The van der Waals surface area contributed by atoms with E-state index in [0.29, 0.717) is 13.0 Å². The molecule has 2 N–H and O–H groups in total. The van der Waals surface area contributed by atoms with E-state index in [-0.39, 0.29) is 23.7 Å². The number of anilines is 1. The van der Waals surface area contributed by atoms with Gasteiger partial charge in [0.2, 0.25) is 5.91 Å². The Kier molecular flexibility index (Phi) is 3.07. The van der Waals surface area contributed by atoms with Crippen LogP contribution in [0.5, 0.6) is 0 Å². The quantitative estimate of drug-likeness (QED) is 0.827. The van der Waals surface area contributed by atoms with Gasteiger partial charge in [-0.05, 0) is 43.7 Å². The van der Waals surface area contributed by atoms with Crippen molar-refractivity contribution < 1.29 is 24.2 Å². The zero-order valence-electron chi connectivity index (χ0n) is 10.2. The Balaban J connectivity index is 2.11. The fraction of sp³-hybridized carbons (Fsp3) is 0.364. The summed E-state index contributed by atoms with van der Waals surface area (Å²) in [7, 11) is -9.65. The fourth-order valence-corrected chi connectivity index (χ4v) is 2.58. The van der Waals surface area contributed by atoms with Crippen LogP contribution in [0.4, 0.5) is 25.1 Å². The van der Waals surface area contributed by atoms with E-state index in [1.165, 1.54) is 0 Å². The van der Waals surface area contributed by atoms with Gasteiger partial charge >= 0.3 is 10.2 Å². The number of hydrogen-bond donors (Lipinski definition) is 2. The summed E-state index contributed by atoms with van der Waals surface area (Å²) in [6.07, 6.45) is 1.47. The summed E-state index contributed by atoms with van der Waals surface area (Å²) in [6.45, 7) is 0.696. The molecule has 0 radical (unpaired) electrons. The Morgan fingerprint density at radius 2 is 1.75 bits per heavy atom. The van der Waals surface area contributed by atoms with Gasteiger partial charge in [0.05, 0.1) is 6.04 Å². The van der Waals surface area contributed by atoms with E-state index in [2.05, 4.69) is 10.6 Å². The van der Waals surface area contributed by atoms with Crippen LogP contribution in [0.1, 0.15) is 12.8 Å². The number of nitrogens with one attached hydrogen (secondary N) is 2. The van der Waals surface area contributed by atoms with Gasteiger partial charge < -0.3 is 10.6 Å². The molecule has 0 aliphatic carbocycles. The Bertz CT molecular complexity index is 522. The molecule has 9 heteroatoms. The predicted molar refractivity (Wildman–Crippen MR) is 67.5 cm³/mol. The first-order valence-electron chi connectivity index (χ1n) is 5.84. The molecule has 0 aromatic heterocycles. The number of hydrogen-bond acceptors (Lipinski definition) is 2. The number of halogens is 5. The third-order valence-electron chi connectivity index (χ3n) is 2.94. The van der Waals surface area contributed by atoms with E-state index in [1.54, 1.807) is 0 Å². The lowest BCUT2D eigenvalue weighted by Gasteiger charge is -2.40. The molecule has 1 unspecified atom stereocenters. The lowest BCUT2D eigenvalue weighted by Crippen LogP contribution is -2.35. The topological polar surface area (TPSA) is 41.1 Å². The Labute approximate surface area is 112 Å². The zero-order chi connectivity index (χ0) is 15.1. The maximum atomic E-state index is 12.5. The molecule has 1 amide bonds. The highest BCUT2D eigenvalue weighted by Gasteiger charge is 2.65. The first-order chi connectivity index (χ1) is 8.95. The second-order valence-electron chi connectivity index (χ2n) is 4.63. The molecule has 1 aliphatic heterocycles. The number of amides is 1. The second-order valence-corrected chi connectivity index (χ2v) is 7.04. The van der Waals surface area contributed by atoms with Gasteiger partial charge in [0.1, 0.15) is 4.90 Å². The highest BCUT2D eigenvalue weighted by molar-refractivity contribution is 8.45. The smallest absolute Gasteiger partial charge is 0.310 e. The highest BCUT2D eigenvalue weighted by atomic mass is 32.5. The zero-order valence-corrected chi connectivity index (χ0v) is 11.0. The largest absolute Gasteiger partial charge is 0.325 e. The third kappa shape index (κ3) is 3.60. The van der Waals surface area contributed by atoms with Crippen LogP contribution in [-0.4, -0.2) is 18.5 Å². The fourth-order valence-electron chi connectivity index (χ4n) is 1.93. The molecule has 1 fully saturated rings. The molecule has 3 nitrogen and oxygen atoms in total. The van der Waals surface area contributed by atoms with Crippen LogP contribution in [0.15, 0.2) is 29.2 Å². The van der Waals surface area contributed by atoms with Crippen LogP contribution < -0.4 is 10.6 Å². The minimum absolute atomic E-state index is 0.0503. The van der Waals surface area contributed by atoms with Gasteiger partial charge in [0.15, 0.2) is 0 Å². The standard InChI is InChI=1S/C11H13F5N2OS/c12-20(13,14,15,16)9-5-3-8(4-6-9)18-11(19)10-2-1-7-17-10/h3-6,10,17H,1-2,7H2,(H,18,19). The summed E-state index contributed by atoms with van der Waals surface area (Å²) in [6, 6.07) is 1.80. The van der Waals surface area contributed by atoms with Gasteiger partial charge in [-0.1, -0.05) is 19.4 Å². The summed E-state index contributed by atoms with van der Waals surface area (Å²) in [5.41, 5.74) is 0.0503. The highest BCUT2D eigenvalue weighted by Crippen LogP contribution is 3.02. The van der Waals surface area contributed by atoms with E-state index >= 15 is 0 Å². The van der Waals surface area contributed by atoms with Crippen molar-refractivity contribution in [2.45, 2.75) is 23.8 Å². The number of benzene rings is 1. The minimum Gasteiger partial charge on any atom is -0.325 e. The summed E-state index contributed by atoms with van der Waals surface area (Å²) >= 11 is 0. The molecule has 1 aliphatic rings. The third-order valence-corrected chi connectivity index (χ3v) is 4.11. The molecule has 1 saturated heterocycles. The van der Waals surface area contributed by atoms with Crippen molar-refractivity contribution in [1.29, 1.82) is 0 Å². The van der Waals surface area contributed by atoms with Crippen molar-refractivity contribution in [3.05, 3.63) is 24.3 Å². The average Bonchev–Trinajstić information content (AvgIpc) is 2.79. The molecule has 0 bridgehead atoms. The van der Waals surface area contributed by atoms with Crippen molar-refractivity contribution in [2.24, 2.45) is 0 Å². The maximum absolute atomic E-state index is 12.5. The van der Waals surface area contributed by atoms with E-state index in [9.17, 15) is 24.2 Å². The second kappa shape index (κ2) is 4.08. The van der Waals surface area contributed by atoms with Crippen molar-refractivity contribution in [2.75, 3.05) is 11.9 Å². The molecule has 1 aromatic rings. The molecule has 1 atom stereocenters. The van der Waals surface area contributed by atoms with Gasteiger partial charge in [-0.25, -0.2) is 0 Å². The Hall–Kier alpha value is -1.35. The molecule has 0 spiro atoms. The summed E-state index contributed by atoms with van der Waals surface area (Å²) in [5.74, 6) is -0.386. The average molecular weight is 316 g/mol. The van der Waals surface area contributed by atoms with Gasteiger partial charge in [0.25, 0.3) is 0 Å². The van der Waals surface area contributed by atoms with Crippen molar-refractivity contribution in [3.63, 3.8) is 0 Å². The minimum atomic E-state index is -9.65. The Morgan fingerprint density at radius 3 is 2.20 bits per heavy atom. The van der Waals surface area contributed by atoms with Crippen molar-refractivity contribution in [3.8, 4) is 0 Å². The number of carbonyl (C=O) groups is 1. The Morgan fingerprint density at radius 1 is 1.15 bits per heavy atom. The van der Waals surface area contributed by atoms with Gasteiger partial charge in [-0.3, -0.25) is 4.79 Å². The van der Waals surface area contributed by atoms with E-state index in [4.69, 9.17) is 0 Å². The maximum Gasteiger partial charge on any atom is 0.310 e. The molecular formula is C11H13F5N2OS. The van der Waals surface area contributed by atoms with Crippen LogP contribution >= 0.6 is 10.2 Å². The number of carbonyl (C=O) groups excluding carboxylic acids is 1. The van der Waals surface area contributed by atoms with Crippen LogP contribution in [0.25, 0.3) is 0 Å². The first kappa shape index (κ1) is 15.0. The molecule has 2 rings (SSSR count). The lowest BCUT2D eigenvalue weighted by molar-refractivity contribution is -0.117. The van der Waals surface area contributed by atoms with E-state index in [0.717, 1.165) is 18.6 Å². The van der Waals surface area contributed by atoms with Crippen LogP contribution in [-0.2, 0) is 4.79 Å². The molecular weight excluding hydrogens is 303 g/mol. The first-order valence-corrected chi connectivity index (χ1v) is 7.79. The molecule has 1 aromatic carbocycles. The monoisotopic (exact) mass is 316 g/mol. The molecule has 1 heterocycles. The van der Waals surface area contributed by atoms with Gasteiger partial charge in [-0.15, -0.1) is 0 Å². The summed E-state index contributed by atoms with van der Waals surface area (Å²) < 4.78 is 62.5. The van der Waals surface area contributed by atoms with E-state index < -0.39 is 21.2 Å². The normalized spacial score (nSPS) is 22.9. The molecule has 20 heavy (non-hydrogen) atoms.